The van der Waals surface area contributed by atoms with Crippen LogP contribution in [-0.2, 0) is 42.9 Å². The van der Waals surface area contributed by atoms with Gasteiger partial charge in [-0.1, -0.05) is 248 Å². The van der Waals surface area contributed by atoms with Crippen LogP contribution in [0.15, 0.2) is 72.9 Å². The highest BCUT2D eigenvalue weighted by Crippen LogP contribution is 2.26. The van der Waals surface area contributed by atoms with E-state index in [1.807, 2.05) is 18.2 Å². The average Bonchev–Trinajstić information content (AvgIpc) is 3.39. The predicted octanol–water partition coefficient (Wildman–Crippen LogP) is 15.3. The van der Waals surface area contributed by atoms with Crippen LogP contribution in [0, 0.1) is 0 Å². The van der Waals surface area contributed by atoms with Gasteiger partial charge in [0.05, 0.1) is 6.61 Å². The first-order chi connectivity index (χ1) is 36.6. The number of aliphatic hydroxyl groups excluding tert-OH is 2. The number of hydrogen-bond donors (Lipinski definition) is 3. The van der Waals surface area contributed by atoms with E-state index in [0.29, 0.717) is 25.7 Å². The van der Waals surface area contributed by atoms with E-state index < -0.39 is 67.3 Å². The van der Waals surface area contributed by atoms with E-state index in [-0.39, 0.29) is 25.9 Å². The van der Waals surface area contributed by atoms with Crippen molar-refractivity contribution in [2.75, 3.05) is 13.2 Å². The molecule has 0 amide bonds. The summed E-state index contributed by atoms with van der Waals surface area (Å²) in [6.45, 7) is 5.85. The Hall–Kier alpha value is -3.84. The van der Waals surface area contributed by atoms with E-state index >= 15 is 0 Å². The maximum Gasteiger partial charge on any atom is 0.335 e. The van der Waals surface area contributed by atoms with Crippen molar-refractivity contribution in [3.05, 3.63) is 72.9 Å². The van der Waals surface area contributed by atoms with Gasteiger partial charge < -0.3 is 39.0 Å². The van der Waals surface area contributed by atoms with Crippen LogP contribution in [0.2, 0.25) is 0 Å². The minimum absolute atomic E-state index is 0.0643. The molecule has 12 heteroatoms. The number of esters is 3. The lowest BCUT2D eigenvalue weighted by Crippen LogP contribution is -2.61. The van der Waals surface area contributed by atoms with Gasteiger partial charge in [0, 0.05) is 19.3 Å². The molecule has 6 atom stereocenters. The number of aliphatic hydroxyl groups is 2. The summed E-state index contributed by atoms with van der Waals surface area (Å²) in [4.78, 5) is 51.0. The molecule has 0 spiro atoms. The van der Waals surface area contributed by atoms with Gasteiger partial charge in [-0.2, -0.15) is 0 Å². The van der Waals surface area contributed by atoms with Crippen LogP contribution in [0.4, 0.5) is 0 Å². The molecular weight excluding hydrogens is 949 g/mol. The monoisotopic (exact) mass is 1050 g/mol. The molecule has 1 fully saturated rings. The van der Waals surface area contributed by atoms with Crippen molar-refractivity contribution < 1.29 is 58.2 Å². The standard InChI is InChI=1S/C63H106O12/c1-4-7-10-13-16-19-22-24-26-27-28-29-31-33-36-39-42-45-48-51-57(66)74-61-59(68)58(67)60(62(69)70)75-63(61)72-53-54(73-56(65)50-47-44-41-38-34-21-18-15-12-9-6-3)52-71-55(64)49-46-43-40-37-35-32-30-25-23-20-17-14-11-8-5-2/h7,10,16,19,24,26,28-29,33,36,42,45,54,58-61,63,67-68H,4-6,8-9,11-15,17-18,20-23,25,27,30-32,34-35,37-41,43-44,46-53H2,1-3H3,(H,69,70)/b10-7-,19-16-,26-24-,29-28-,36-33-,45-42-. The lowest BCUT2D eigenvalue weighted by molar-refractivity contribution is -0.301. The molecule has 0 aliphatic carbocycles. The maximum atomic E-state index is 13.1. The highest BCUT2D eigenvalue weighted by molar-refractivity contribution is 5.74. The van der Waals surface area contributed by atoms with Crippen LogP contribution in [0.1, 0.15) is 252 Å². The molecule has 0 aromatic heterocycles. The first kappa shape index (κ1) is 69.2. The molecule has 6 unspecified atom stereocenters. The third-order valence-corrected chi connectivity index (χ3v) is 13.3. The van der Waals surface area contributed by atoms with Crippen LogP contribution < -0.4 is 0 Å². The lowest BCUT2D eigenvalue weighted by atomic mass is 9.98. The zero-order valence-corrected chi connectivity index (χ0v) is 47.3. The van der Waals surface area contributed by atoms with Crippen molar-refractivity contribution in [3.8, 4) is 0 Å². The number of allylic oxidation sites excluding steroid dienone is 12. The Balaban J connectivity index is 2.71. The summed E-state index contributed by atoms with van der Waals surface area (Å²) < 4.78 is 28.3. The van der Waals surface area contributed by atoms with E-state index in [1.165, 1.54) is 116 Å². The number of carbonyl (C=O) groups excluding carboxylic acids is 3. The molecule has 430 valence electrons. The molecule has 1 aliphatic rings. The molecule has 1 rings (SSSR count). The molecule has 1 heterocycles. The smallest absolute Gasteiger partial charge is 0.335 e. The van der Waals surface area contributed by atoms with Crippen molar-refractivity contribution in [2.45, 2.75) is 289 Å². The summed E-state index contributed by atoms with van der Waals surface area (Å²) in [5.41, 5.74) is 0. The molecule has 1 aliphatic heterocycles. The van der Waals surface area contributed by atoms with Gasteiger partial charge in [-0.05, 0) is 57.8 Å². The van der Waals surface area contributed by atoms with Crippen molar-refractivity contribution in [3.63, 3.8) is 0 Å². The largest absolute Gasteiger partial charge is 0.479 e. The Labute approximate surface area is 455 Å². The number of aliphatic carboxylic acids is 1. The number of carbonyl (C=O) groups is 4. The van der Waals surface area contributed by atoms with Gasteiger partial charge in [-0.15, -0.1) is 0 Å². The van der Waals surface area contributed by atoms with Gasteiger partial charge in [-0.25, -0.2) is 4.79 Å². The van der Waals surface area contributed by atoms with E-state index in [0.717, 1.165) is 70.6 Å². The van der Waals surface area contributed by atoms with Gasteiger partial charge in [0.1, 0.15) is 18.8 Å². The zero-order chi connectivity index (χ0) is 54.7. The quantitative estimate of drug-likeness (QED) is 0.0228. The van der Waals surface area contributed by atoms with Crippen molar-refractivity contribution >= 4 is 23.9 Å². The molecular formula is C63H106O12. The summed E-state index contributed by atoms with van der Waals surface area (Å²) in [7, 11) is 0. The van der Waals surface area contributed by atoms with Crippen LogP contribution in [0.5, 0.6) is 0 Å². The predicted molar refractivity (Wildman–Crippen MR) is 303 cm³/mol. The molecule has 0 bridgehead atoms. The summed E-state index contributed by atoms with van der Waals surface area (Å²) in [6, 6.07) is 0. The van der Waals surface area contributed by atoms with Gasteiger partial charge in [0.25, 0.3) is 0 Å². The molecule has 0 aromatic carbocycles. The Kier molecular flexibility index (Phi) is 47.0. The Morgan fingerprint density at radius 2 is 0.840 bits per heavy atom. The Morgan fingerprint density at radius 3 is 1.25 bits per heavy atom. The highest BCUT2D eigenvalue weighted by Gasteiger charge is 2.50. The van der Waals surface area contributed by atoms with E-state index in [1.54, 1.807) is 0 Å². The minimum atomic E-state index is -1.93. The Morgan fingerprint density at radius 1 is 0.453 bits per heavy atom. The second-order valence-corrected chi connectivity index (χ2v) is 20.3. The summed E-state index contributed by atoms with van der Waals surface area (Å²) in [5.74, 6) is -3.22. The summed E-state index contributed by atoms with van der Waals surface area (Å²) in [6.07, 6.45) is 51.7. The van der Waals surface area contributed by atoms with Crippen LogP contribution in [0.3, 0.4) is 0 Å². The van der Waals surface area contributed by atoms with Gasteiger partial charge in [-0.3, -0.25) is 14.4 Å². The third-order valence-electron chi connectivity index (χ3n) is 13.3. The van der Waals surface area contributed by atoms with Crippen LogP contribution in [0.25, 0.3) is 0 Å². The topological polar surface area (TPSA) is 175 Å². The van der Waals surface area contributed by atoms with Crippen molar-refractivity contribution in [1.82, 2.24) is 0 Å². The summed E-state index contributed by atoms with van der Waals surface area (Å²) in [5, 5.41) is 31.4. The molecule has 0 radical (unpaired) electrons. The molecule has 75 heavy (non-hydrogen) atoms. The Bertz CT molecular complexity index is 1580. The van der Waals surface area contributed by atoms with Gasteiger partial charge in [0.15, 0.2) is 24.6 Å². The number of unbranched alkanes of at least 4 members (excludes halogenated alkanes) is 24. The first-order valence-corrected chi connectivity index (χ1v) is 29.9. The number of ether oxygens (including phenoxy) is 5. The van der Waals surface area contributed by atoms with Gasteiger partial charge in [0.2, 0.25) is 0 Å². The van der Waals surface area contributed by atoms with E-state index in [4.69, 9.17) is 23.7 Å². The number of carboxylic acid groups (broad SMARTS) is 1. The van der Waals surface area contributed by atoms with Crippen LogP contribution in [-0.4, -0.2) is 89.2 Å². The van der Waals surface area contributed by atoms with Crippen molar-refractivity contribution in [2.24, 2.45) is 0 Å². The fourth-order valence-electron chi connectivity index (χ4n) is 8.75. The molecule has 0 aromatic rings. The fraction of sp³-hybridized carbons (Fsp3) is 0.746. The zero-order valence-electron chi connectivity index (χ0n) is 47.3. The van der Waals surface area contributed by atoms with Crippen LogP contribution >= 0.6 is 0 Å². The van der Waals surface area contributed by atoms with Gasteiger partial charge >= 0.3 is 23.9 Å². The maximum absolute atomic E-state index is 13.1. The molecule has 0 saturated carbocycles. The lowest BCUT2D eigenvalue weighted by Gasteiger charge is -2.40. The normalized spacial score (nSPS) is 18.7. The summed E-state index contributed by atoms with van der Waals surface area (Å²) >= 11 is 0. The van der Waals surface area contributed by atoms with E-state index in [2.05, 4.69) is 75.5 Å². The molecule has 1 saturated heterocycles. The minimum Gasteiger partial charge on any atom is -0.479 e. The number of carboxylic acids is 1. The average molecular weight is 1060 g/mol. The number of rotatable bonds is 50. The first-order valence-electron chi connectivity index (χ1n) is 29.9. The van der Waals surface area contributed by atoms with Crippen molar-refractivity contribution in [1.29, 1.82) is 0 Å². The number of hydrogen-bond acceptors (Lipinski definition) is 11. The van der Waals surface area contributed by atoms with E-state index in [9.17, 15) is 34.5 Å². The third kappa shape index (κ3) is 41.0. The molecule has 3 N–H and O–H groups in total. The SMILES string of the molecule is CC/C=C\C/C=C\C/C=C\C/C=C\C/C=C\C/C=C\CCC(=O)OC1C(OCC(COC(=O)CCCCCCCCCCCCCCCCC)OC(=O)CCCCCCCCCCCCC)OC(C(=O)O)C(O)C1O. The fourth-order valence-corrected chi connectivity index (χ4v) is 8.75. The molecule has 12 nitrogen and oxygen atoms in total. The second-order valence-electron chi connectivity index (χ2n) is 20.3. The highest BCUT2D eigenvalue weighted by atomic mass is 16.7. The second kappa shape index (κ2) is 50.9.